The molecule has 1 nitrogen and oxygen atoms in total. The van der Waals surface area contributed by atoms with Gasteiger partial charge < -0.3 is 5.73 Å². The van der Waals surface area contributed by atoms with Crippen molar-refractivity contribution in [3.05, 3.63) is 0 Å². The number of nitrogens with two attached hydrogens (primary N) is 1. The quantitative estimate of drug-likeness (QED) is 0.624. The van der Waals surface area contributed by atoms with Crippen LogP contribution in [0.15, 0.2) is 0 Å². The van der Waals surface area contributed by atoms with Crippen molar-refractivity contribution in [3.63, 3.8) is 0 Å². The molecule has 1 unspecified atom stereocenters. The van der Waals surface area contributed by atoms with Crippen LogP contribution in [0.1, 0.15) is 19.3 Å². The zero-order valence-electron chi connectivity index (χ0n) is 6.25. The first kappa shape index (κ1) is 6.99. The fourth-order valence-electron chi connectivity index (χ4n) is 1.88. The van der Waals surface area contributed by atoms with Gasteiger partial charge in [-0.3, -0.25) is 0 Å². The summed E-state index contributed by atoms with van der Waals surface area (Å²) >= 11 is 2.12. The van der Waals surface area contributed by atoms with Gasteiger partial charge in [-0.2, -0.15) is 11.8 Å². The van der Waals surface area contributed by atoms with E-state index in [-0.39, 0.29) is 0 Å². The number of hydrogen-bond donors (Lipinski definition) is 1. The van der Waals surface area contributed by atoms with E-state index in [0.29, 0.717) is 6.04 Å². The van der Waals surface area contributed by atoms with Crippen LogP contribution in [0.5, 0.6) is 0 Å². The van der Waals surface area contributed by atoms with Crippen LogP contribution in [0.2, 0.25) is 0 Å². The molecule has 2 fully saturated rings. The van der Waals surface area contributed by atoms with Crippen LogP contribution in [0.4, 0.5) is 0 Å². The van der Waals surface area contributed by atoms with Gasteiger partial charge in [0.2, 0.25) is 0 Å². The van der Waals surface area contributed by atoms with E-state index in [4.69, 9.17) is 5.73 Å². The van der Waals surface area contributed by atoms with Crippen molar-refractivity contribution in [1.29, 1.82) is 0 Å². The van der Waals surface area contributed by atoms with Gasteiger partial charge in [0.15, 0.2) is 0 Å². The third-order valence-corrected chi connectivity index (χ3v) is 3.93. The highest BCUT2D eigenvalue weighted by molar-refractivity contribution is 7.99. The summed E-state index contributed by atoms with van der Waals surface area (Å²) in [4.78, 5) is 0. The fraction of sp³-hybridized carbons (Fsp3) is 1.00. The molecule has 2 aliphatic rings. The Morgan fingerprint density at radius 3 is 2.70 bits per heavy atom. The molecule has 1 heterocycles. The van der Waals surface area contributed by atoms with E-state index in [0.717, 1.165) is 11.8 Å². The van der Waals surface area contributed by atoms with E-state index in [9.17, 15) is 0 Å². The molecule has 1 saturated carbocycles. The Hall–Kier alpha value is 0.310. The molecule has 0 aromatic heterocycles. The minimum atomic E-state index is 0.573. The molecule has 0 radical (unpaired) electrons. The third-order valence-electron chi connectivity index (χ3n) is 2.69. The molecule has 2 rings (SSSR count). The van der Waals surface area contributed by atoms with Crippen molar-refractivity contribution in [1.82, 2.24) is 0 Å². The smallest absolute Gasteiger partial charge is 0.00740 e. The molecule has 0 bridgehead atoms. The molecular formula is C8H15NS. The van der Waals surface area contributed by atoms with Gasteiger partial charge >= 0.3 is 0 Å². The van der Waals surface area contributed by atoms with E-state index >= 15 is 0 Å². The van der Waals surface area contributed by atoms with Crippen LogP contribution >= 0.6 is 11.8 Å². The monoisotopic (exact) mass is 157 g/mol. The molecule has 1 aliphatic carbocycles. The molecule has 10 heavy (non-hydrogen) atoms. The second-order valence-corrected chi connectivity index (χ2v) is 4.69. The Balaban J connectivity index is 1.81. The Morgan fingerprint density at radius 2 is 2.20 bits per heavy atom. The van der Waals surface area contributed by atoms with Crippen LogP contribution in [0.25, 0.3) is 0 Å². The predicted molar refractivity (Wildman–Crippen MR) is 46.1 cm³/mol. The average molecular weight is 157 g/mol. The molecule has 2 heteroatoms. The van der Waals surface area contributed by atoms with Gasteiger partial charge in [-0.05, 0) is 42.6 Å². The van der Waals surface area contributed by atoms with Crippen molar-refractivity contribution in [2.75, 3.05) is 11.5 Å². The zero-order chi connectivity index (χ0) is 6.97. The molecule has 0 amide bonds. The molecule has 1 aliphatic heterocycles. The molecule has 58 valence electrons. The first-order valence-electron chi connectivity index (χ1n) is 4.21. The van der Waals surface area contributed by atoms with Crippen LogP contribution in [-0.2, 0) is 0 Å². The highest BCUT2D eigenvalue weighted by Crippen LogP contribution is 2.41. The van der Waals surface area contributed by atoms with E-state index in [1.807, 2.05) is 0 Å². The molecule has 1 saturated heterocycles. The minimum absolute atomic E-state index is 0.573. The largest absolute Gasteiger partial charge is 0.327 e. The number of hydrogen-bond acceptors (Lipinski definition) is 2. The summed E-state index contributed by atoms with van der Waals surface area (Å²) in [5, 5.41) is 0. The van der Waals surface area contributed by atoms with E-state index in [1.54, 1.807) is 0 Å². The predicted octanol–water partition coefficient (Wildman–Crippen LogP) is 1.48. The molecular weight excluding hydrogens is 142 g/mol. The van der Waals surface area contributed by atoms with Crippen LogP contribution < -0.4 is 5.73 Å². The molecule has 0 aromatic rings. The van der Waals surface area contributed by atoms with Crippen molar-refractivity contribution in [3.8, 4) is 0 Å². The lowest BCUT2D eigenvalue weighted by Gasteiger charge is -2.20. The lowest BCUT2D eigenvalue weighted by atomic mass is 10.00. The Bertz CT molecular complexity index is 120. The van der Waals surface area contributed by atoms with Crippen LogP contribution in [0.3, 0.4) is 0 Å². The van der Waals surface area contributed by atoms with E-state index in [1.165, 1.54) is 30.8 Å². The molecule has 0 aromatic carbocycles. The normalized spacial score (nSPS) is 47.1. The Labute approximate surface area is 66.7 Å². The summed E-state index contributed by atoms with van der Waals surface area (Å²) in [6.07, 6.45) is 4.19. The summed E-state index contributed by atoms with van der Waals surface area (Å²) in [5.41, 5.74) is 5.79. The molecule has 0 spiro atoms. The molecule has 3 atom stereocenters. The maximum absolute atomic E-state index is 5.79. The van der Waals surface area contributed by atoms with Gasteiger partial charge in [-0.15, -0.1) is 0 Å². The van der Waals surface area contributed by atoms with Crippen molar-refractivity contribution in [2.24, 2.45) is 17.6 Å². The van der Waals surface area contributed by atoms with Crippen molar-refractivity contribution in [2.45, 2.75) is 25.3 Å². The summed E-state index contributed by atoms with van der Waals surface area (Å²) < 4.78 is 0. The maximum Gasteiger partial charge on any atom is 0.00740 e. The summed E-state index contributed by atoms with van der Waals surface area (Å²) in [5.74, 6) is 4.66. The van der Waals surface area contributed by atoms with Crippen LogP contribution in [0, 0.1) is 11.8 Å². The van der Waals surface area contributed by atoms with Crippen molar-refractivity contribution < 1.29 is 0 Å². The number of thioether (sulfide) groups is 1. The summed E-state index contributed by atoms with van der Waals surface area (Å²) in [6.45, 7) is 0. The number of rotatable bonds is 1. The SMILES string of the molecule is N[C@@H]1C[C@H]1C1CCCSC1. The molecule has 2 N–H and O–H groups in total. The topological polar surface area (TPSA) is 26.0 Å². The van der Waals surface area contributed by atoms with Gasteiger partial charge in [0.25, 0.3) is 0 Å². The second-order valence-electron chi connectivity index (χ2n) is 3.54. The van der Waals surface area contributed by atoms with Gasteiger partial charge in [-0.1, -0.05) is 0 Å². The van der Waals surface area contributed by atoms with E-state index in [2.05, 4.69) is 11.8 Å². The van der Waals surface area contributed by atoms with Gasteiger partial charge in [-0.25, -0.2) is 0 Å². The average Bonchev–Trinajstić information content (AvgIpc) is 2.69. The standard InChI is InChI=1S/C8H15NS/c9-8-4-7(8)6-2-1-3-10-5-6/h6-8H,1-5,9H2/t6?,7-,8+/m0/s1. The first-order valence-corrected chi connectivity index (χ1v) is 5.37. The fourth-order valence-corrected chi connectivity index (χ4v) is 3.14. The van der Waals surface area contributed by atoms with Gasteiger partial charge in [0, 0.05) is 6.04 Å². The first-order chi connectivity index (χ1) is 4.88. The lowest BCUT2D eigenvalue weighted by Crippen LogP contribution is -2.16. The zero-order valence-corrected chi connectivity index (χ0v) is 7.07. The maximum atomic E-state index is 5.79. The Kier molecular flexibility index (Phi) is 1.92. The summed E-state index contributed by atoms with van der Waals surface area (Å²) in [6, 6.07) is 0.573. The highest BCUT2D eigenvalue weighted by Gasteiger charge is 2.40. The second kappa shape index (κ2) is 2.74. The Morgan fingerprint density at radius 1 is 1.40 bits per heavy atom. The lowest BCUT2D eigenvalue weighted by molar-refractivity contribution is 0.455. The van der Waals surface area contributed by atoms with Gasteiger partial charge in [0.05, 0.1) is 0 Å². The third kappa shape index (κ3) is 1.32. The van der Waals surface area contributed by atoms with Crippen LogP contribution in [-0.4, -0.2) is 17.5 Å². The highest BCUT2D eigenvalue weighted by atomic mass is 32.2. The van der Waals surface area contributed by atoms with Crippen molar-refractivity contribution >= 4 is 11.8 Å². The van der Waals surface area contributed by atoms with Gasteiger partial charge in [0.1, 0.15) is 0 Å². The minimum Gasteiger partial charge on any atom is -0.327 e. The van der Waals surface area contributed by atoms with E-state index < -0.39 is 0 Å². The summed E-state index contributed by atoms with van der Waals surface area (Å²) in [7, 11) is 0.